The monoisotopic (exact) mass is 295 g/mol. The Bertz CT molecular complexity index is 745. The molecule has 2 rings (SSSR count). The van der Waals surface area contributed by atoms with Gasteiger partial charge in [0.15, 0.2) is 9.84 Å². The lowest BCUT2D eigenvalue weighted by atomic mass is 10.1. The Balaban J connectivity index is 2.64. The topological polar surface area (TPSA) is 64.0 Å². The zero-order valence-corrected chi connectivity index (χ0v) is 13.4. The van der Waals surface area contributed by atoms with Crippen LogP contribution in [0.25, 0.3) is 11.0 Å². The Kier molecular flexibility index (Phi) is 3.64. The fourth-order valence-corrected chi connectivity index (χ4v) is 3.13. The Morgan fingerprint density at radius 2 is 2.00 bits per heavy atom. The summed E-state index contributed by atoms with van der Waals surface area (Å²) in [6.07, 6.45) is 1.21. The van der Waals surface area contributed by atoms with Crippen LogP contribution in [0, 0.1) is 0 Å². The van der Waals surface area contributed by atoms with E-state index in [1.165, 1.54) is 6.26 Å². The average molecular weight is 295 g/mol. The summed E-state index contributed by atoms with van der Waals surface area (Å²) in [5, 5.41) is 3.38. The highest BCUT2D eigenvalue weighted by Crippen LogP contribution is 2.25. The van der Waals surface area contributed by atoms with Gasteiger partial charge in [0.05, 0.1) is 21.5 Å². The molecule has 1 heterocycles. The van der Waals surface area contributed by atoms with Crippen molar-refractivity contribution in [2.75, 3.05) is 12.8 Å². The SMILES string of the molecule is CCNC(C)(C)c1nc2cc(S(C)(=O)=O)ccc2n1C. The molecular formula is C14H21N3O2S. The number of nitrogens with zero attached hydrogens (tertiary/aromatic N) is 2. The van der Waals surface area contributed by atoms with Gasteiger partial charge in [-0.2, -0.15) is 0 Å². The first kappa shape index (κ1) is 15.0. The molecule has 20 heavy (non-hydrogen) atoms. The van der Waals surface area contributed by atoms with Crippen LogP contribution in [0.2, 0.25) is 0 Å². The van der Waals surface area contributed by atoms with Gasteiger partial charge >= 0.3 is 0 Å². The Morgan fingerprint density at radius 3 is 2.55 bits per heavy atom. The molecule has 0 atom stereocenters. The lowest BCUT2D eigenvalue weighted by Crippen LogP contribution is -2.38. The summed E-state index contributed by atoms with van der Waals surface area (Å²) in [6, 6.07) is 5.07. The normalized spacial score (nSPS) is 13.1. The highest BCUT2D eigenvalue weighted by Gasteiger charge is 2.25. The van der Waals surface area contributed by atoms with Gasteiger partial charge in [-0.25, -0.2) is 13.4 Å². The molecule has 2 aromatic rings. The standard InChI is InChI=1S/C14H21N3O2S/c1-6-15-14(2,3)13-16-11-9-10(20(5,18)19)7-8-12(11)17(13)4/h7-9,15H,6H2,1-5H3. The second-order valence-electron chi connectivity index (χ2n) is 5.57. The van der Waals surface area contributed by atoms with Crippen molar-refractivity contribution in [3.63, 3.8) is 0 Å². The van der Waals surface area contributed by atoms with Gasteiger partial charge in [-0.15, -0.1) is 0 Å². The van der Waals surface area contributed by atoms with Gasteiger partial charge in [-0.3, -0.25) is 0 Å². The van der Waals surface area contributed by atoms with Crippen molar-refractivity contribution in [2.45, 2.75) is 31.2 Å². The summed E-state index contributed by atoms with van der Waals surface area (Å²) in [6.45, 7) is 7.02. The molecule has 0 saturated carbocycles. The van der Waals surface area contributed by atoms with E-state index in [-0.39, 0.29) is 5.54 Å². The van der Waals surface area contributed by atoms with Crippen molar-refractivity contribution in [3.8, 4) is 0 Å². The fourth-order valence-electron chi connectivity index (χ4n) is 2.49. The van der Waals surface area contributed by atoms with Gasteiger partial charge in [-0.05, 0) is 38.6 Å². The first-order valence-corrected chi connectivity index (χ1v) is 8.48. The zero-order valence-electron chi connectivity index (χ0n) is 12.6. The van der Waals surface area contributed by atoms with E-state index in [0.717, 1.165) is 17.9 Å². The molecule has 5 nitrogen and oxygen atoms in total. The van der Waals surface area contributed by atoms with Crippen LogP contribution in [0.4, 0.5) is 0 Å². The molecule has 1 aromatic carbocycles. The average Bonchev–Trinajstić information content (AvgIpc) is 2.66. The maximum absolute atomic E-state index is 11.6. The Labute approximate surface area is 119 Å². The van der Waals surface area contributed by atoms with Crippen LogP contribution in [0.5, 0.6) is 0 Å². The van der Waals surface area contributed by atoms with Crippen molar-refractivity contribution in [1.82, 2.24) is 14.9 Å². The third kappa shape index (κ3) is 2.58. The largest absolute Gasteiger partial charge is 0.330 e. The van der Waals surface area contributed by atoms with Crippen molar-refractivity contribution < 1.29 is 8.42 Å². The summed E-state index contributed by atoms with van der Waals surface area (Å²) in [4.78, 5) is 4.91. The molecule has 110 valence electrons. The minimum absolute atomic E-state index is 0.270. The number of imidazole rings is 1. The van der Waals surface area contributed by atoms with Crippen molar-refractivity contribution in [3.05, 3.63) is 24.0 Å². The molecule has 0 radical (unpaired) electrons. The van der Waals surface area contributed by atoms with E-state index >= 15 is 0 Å². The molecule has 6 heteroatoms. The summed E-state index contributed by atoms with van der Waals surface area (Å²) >= 11 is 0. The van der Waals surface area contributed by atoms with Gasteiger partial charge < -0.3 is 9.88 Å². The third-order valence-electron chi connectivity index (χ3n) is 3.46. The molecule has 1 aromatic heterocycles. The van der Waals surface area contributed by atoms with Gasteiger partial charge in [-0.1, -0.05) is 6.92 Å². The minimum Gasteiger partial charge on any atom is -0.330 e. The number of nitrogens with one attached hydrogen (secondary N) is 1. The lowest BCUT2D eigenvalue weighted by Gasteiger charge is -2.25. The van der Waals surface area contributed by atoms with Crippen LogP contribution in [0.15, 0.2) is 23.1 Å². The number of hydrogen-bond acceptors (Lipinski definition) is 4. The number of hydrogen-bond donors (Lipinski definition) is 1. The second kappa shape index (κ2) is 4.86. The van der Waals surface area contributed by atoms with Crippen LogP contribution in [0.3, 0.4) is 0 Å². The molecule has 0 spiro atoms. The van der Waals surface area contributed by atoms with E-state index in [1.54, 1.807) is 12.1 Å². The van der Waals surface area contributed by atoms with E-state index in [1.807, 2.05) is 24.6 Å². The smallest absolute Gasteiger partial charge is 0.175 e. The first-order chi connectivity index (χ1) is 9.16. The Morgan fingerprint density at radius 1 is 1.35 bits per heavy atom. The number of rotatable bonds is 4. The molecule has 0 amide bonds. The summed E-state index contributed by atoms with van der Waals surface area (Å²) in [7, 11) is -1.26. The van der Waals surface area contributed by atoms with Gasteiger partial charge in [0, 0.05) is 13.3 Å². The quantitative estimate of drug-likeness (QED) is 0.934. The fraction of sp³-hybridized carbons (Fsp3) is 0.500. The molecule has 0 fully saturated rings. The van der Waals surface area contributed by atoms with Crippen molar-refractivity contribution in [2.24, 2.45) is 7.05 Å². The molecule has 0 aliphatic heterocycles. The summed E-state index contributed by atoms with van der Waals surface area (Å²) < 4.78 is 25.2. The van der Waals surface area contributed by atoms with Crippen LogP contribution >= 0.6 is 0 Å². The van der Waals surface area contributed by atoms with E-state index < -0.39 is 9.84 Å². The van der Waals surface area contributed by atoms with Gasteiger partial charge in [0.2, 0.25) is 0 Å². The molecule has 1 N–H and O–H groups in total. The number of sulfone groups is 1. The number of aromatic nitrogens is 2. The van der Waals surface area contributed by atoms with Crippen molar-refractivity contribution >= 4 is 20.9 Å². The molecule has 0 bridgehead atoms. The zero-order chi connectivity index (χ0) is 15.1. The predicted octanol–water partition coefficient (Wildman–Crippen LogP) is 1.82. The Hall–Kier alpha value is -1.40. The van der Waals surface area contributed by atoms with E-state index in [9.17, 15) is 8.42 Å². The van der Waals surface area contributed by atoms with E-state index in [2.05, 4.69) is 24.1 Å². The molecule has 0 unspecified atom stereocenters. The molecule has 0 aliphatic carbocycles. The van der Waals surface area contributed by atoms with Crippen LogP contribution < -0.4 is 5.32 Å². The second-order valence-corrected chi connectivity index (χ2v) is 7.59. The number of fused-ring (bicyclic) bond motifs is 1. The summed E-state index contributed by atoms with van der Waals surface area (Å²) in [5.74, 6) is 0.889. The highest BCUT2D eigenvalue weighted by atomic mass is 32.2. The van der Waals surface area contributed by atoms with Gasteiger partial charge in [0.25, 0.3) is 0 Å². The van der Waals surface area contributed by atoms with Crippen molar-refractivity contribution in [1.29, 1.82) is 0 Å². The van der Waals surface area contributed by atoms with E-state index in [4.69, 9.17) is 0 Å². The minimum atomic E-state index is -3.21. The lowest BCUT2D eigenvalue weighted by molar-refractivity contribution is 0.383. The van der Waals surface area contributed by atoms with Crippen LogP contribution in [0.1, 0.15) is 26.6 Å². The van der Waals surface area contributed by atoms with Crippen LogP contribution in [-0.2, 0) is 22.4 Å². The predicted molar refractivity (Wildman–Crippen MR) is 80.5 cm³/mol. The third-order valence-corrected chi connectivity index (χ3v) is 4.57. The van der Waals surface area contributed by atoms with E-state index in [0.29, 0.717) is 10.4 Å². The number of aryl methyl sites for hydroxylation is 1. The highest BCUT2D eigenvalue weighted by molar-refractivity contribution is 7.90. The first-order valence-electron chi connectivity index (χ1n) is 6.59. The maximum atomic E-state index is 11.6. The molecular weight excluding hydrogens is 274 g/mol. The summed E-state index contributed by atoms with van der Waals surface area (Å²) in [5.41, 5.74) is 1.36. The van der Waals surface area contributed by atoms with Gasteiger partial charge in [0.1, 0.15) is 5.82 Å². The molecule has 0 aliphatic rings. The maximum Gasteiger partial charge on any atom is 0.175 e. The molecule has 0 saturated heterocycles. The van der Waals surface area contributed by atoms with Crippen LogP contribution in [-0.4, -0.2) is 30.8 Å². The number of benzene rings is 1.